The molecule has 2 rings (SSSR count). The molecular weight excluding hydrogens is 276 g/mol. The van der Waals surface area contributed by atoms with Crippen molar-refractivity contribution < 1.29 is 14.0 Å². The number of halogens is 1. The topological polar surface area (TPSA) is 53.7 Å². The second-order valence-corrected chi connectivity index (χ2v) is 6.47. The van der Waals surface area contributed by atoms with Crippen LogP contribution < -0.4 is 10.5 Å². The molecule has 0 amide bonds. The molecule has 0 aliphatic carbocycles. The molecule has 1 fully saturated rings. The normalized spacial score (nSPS) is 21.9. The first-order valence-electron chi connectivity index (χ1n) is 6.62. The summed E-state index contributed by atoms with van der Waals surface area (Å²) < 4.78 is 17.3. The van der Waals surface area contributed by atoms with Crippen LogP contribution in [0.5, 0.6) is 5.75 Å². The highest BCUT2D eigenvalue weighted by Crippen LogP contribution is 2.41. The predicted molar refractivity (Wildman–Crippen MR) is 81.0 cm³/mol. The van der Waals surface area contributed by atoms with Crippen molar-refractivity contribution >= 4 is 18.7 Å². The molecule has 0 radical (unpaired) electrons. The van der Waals surface area contributed by atoms with Crippen molar-refractivity contribution in [1.82, 2.24) is 0 Å². The second kappa shape index (κ2) is 5.22. The van der Waals surface area contributed by atoms with Gasteiger partial charge >= 0.3 is 7.12 Å². The molecule has 1 aliphatic heterocycles. The van der Waals surface area contributed by atoms with E-state index in [1.165, 1.54) is 0 Å². The van der Waals surface area contributed by atoms with Gasteiger partial charge in [0.15, 0.2) is 0 Å². The van der Waals surface area contributed by atoms with Crippen LogP contribution in [0.15, 0.2) is 18.2 Å². The number of benzene rings is 1. The molecule has 1 atom stereocenters. The first-order valence-corrected chi connectivity index (χ1v) is 7.00. The van der Waals surface area contributed by atoms with Crippen molar-refractivity contribution in [2.24, 2.45) is 5.73 Å². The molecule has 2 N–H and O–H groups in total. The van der Waals surface area contributed by atoms with Crippen molar-refractivity contribution in [1.29, 1.82) is 0 Å². The van der Waals surface area contributed by atoms with Gasteiger partial charge < -0.3 is 19.8 Å². The second-order valence-electron chi connectivity index (χ2n) is 6.04. The molecule has 4 nitrogen and oxygen atoms in total. The molecule has 0 bridgehead atoms. The molecule has 0 aromatic heterocycles. The van der Waals surface area contributed by atoms with Gasteiger partial charge in [0.05, 0.1) is 24.3 Å². The lowest BCUT2D eigenvalue weighted by molar-refractivity contribution is 0.00578. The third-order valence-corrected chi connectivity index (χ3v) is 4.35. The summed E-state index contributed by atoms with van der Waals surface area (Å²) in [6.07, 6.45) is 0. The summed E-state index contributed by atoms with van der Waals surface area (Å²) in [5.41, 5.74) is 6.24. The van der Waals surface area contributed by atoms with Crippen molar-refractivity contribution in [2.45, 2.75) is 44.8 Å². The molecule has 0 spiro atoms. The van der Waals surface area contributed by atoms with Gasteiger partial charge in [0.1, 0.15) is 5.75 Å². The van der Waals surface area contributed by atoms with E-state index in [4.69, 9.17) is 31.4 Å². The third kappa shape index (κ3) is 2.68. The average Bonchev–Trinajstić information content (AvgIpc) is 2.57. The fourth-order valence-electron chi connectivity index (χ4n) is 2.15. The summed E-state index contributed by atoms with van der Waals surface area (Å²) in [4.78, 5) is 0. The Bertz CT molecular complexity index is 491. The van der Waals surface area contributed by atoms with E-state index in [0.29, 0.717) is 10.8 Å². The van der Waals surface area contributed by atoms with E-state index in [2.05, 4.69) is 0 Å². The van der Waals surface area contributed by atoms with Gasteiger partial charge in [0, 0.05) is 10.6 Å². The molecule has 1 aromatic rings. The van der Waals surface area contributed by atoms with Gasteiger partial charge in [-0.2, -0.15) is 0 Å². The highest BCUT2D eigenvalue weighted by atomic mass is 35.5. The smallest absolute Gasteiger partial charge is 0.480 e. The number of methoxy groups -OCH3 is 1. The van der Waals surface area contributed by atoms with Crippen LogP contribution in [0, 0.1) is 0 Å². The summed E-state index contributed by atoms with van der Waals surface area (Å²) in [7, 11) is 1.07. The van der Waals surface area contributed by atoms with Gasteiger partial charge in [0.25, 0.3) is 0 Å². The quantitative estimate of drug-likeness (QED) is 0.872. The van der Waals surface area contributed by atoms with Gasteiger partial charge in [-0.15, -0.1) is 0 Å². The van der Waals surface area contributed by atoms with Gasteiger partial charge in [0.2, 0.25) is 0 Å². The van der Waals surface area contributed by atoms with Crippen molar-refractivity contribution in [3.05, 3.63) is 28.8 Å². The molecule has 0 unspecified atom stereocenters. The van der Waals surface area contributed by atoms with E-state index in [1.54, 1.807) is 25.3 Å². The van der Waals surface area contributed by atoms with Gasteiger partial charge in [-0.05, 0) is 45.9 Å². The van der Waals surface area contributed by atoms with Crippen molar-refractivity contribution in [3.8, 4) is 5.75 Å². The fraction of sp³-hybridized carbons (Fsp3) is 0.571. The zero-order valence-corrected chi connectivity index (χ0v) is 13.3. The molecule has 1 aromatic carbocycles. The molecule has 20 heavy (non-hydrogen) atoms. The van der Waals surface area contributed by atoms with E-state index in [0.717, 1.165) is 5.56 Å². The van der Waals surface area contributed by atoms with Crippen LogP contribution in [0.25, 0.3) is 0 Å². The maximum Gasteiger partial charge on any atom is 0.480 e. The lowest BCUT2D eigenvalue weighted by atomic mass is 9.74. The summed E-state index contributed by atoms with van der Waals surface area (Å²) >= 11 is 6.04. The SMILES string of the molecule is COc1ccc(Cl)cc1[C@H](N)B1OC(C)(C)C(C)(C)O1. The zero-order chi connectivity index (χ0) is 15.1. The van der Waals surface area contributed by atoms with Gasteiger partial charge in [-0.25, -0.2) is 0 Å². The maximum atomic E-state index is 6.30. The minimum Gasteiger partial charge on any atom is -0.496 e. The predicted octanol–water partition coefficient (Wildman–Crippen LogP) is 2.98. The van der Waals surface area contributed by atoms with E-state index in [1.807, 2.05) is 27.7 Å². The lowest BCUT2D eigenvalue weighted by Crippen LogP contribution is -2.41. The molecule has 1 saturated heterocycles. The molecular formula is C14H21BClNO3. The Morgan fingerprint density at radius 1 is 1.20 bits per heavy atom. The number of hydrogen-bond donors (Lipinski definition) is 1. The lowest BCUT2D eigenvalue weighted by Gasteiger charge is -2.32. The largest absolute Gasteiger partial charge is 0.496 e. The van der Waals surface area contributed by atoms with Crippen molar-refractivity contribution in [3.63, 3.8) is 0 Å². The first-order chi connectivity index (χ1) is 9.18. The highest BCUT2D eigenvalue weighted by molar-refractivity contribution is 6.47. The minimum absolute atomic E-state index is 0.416. The summed E-state index contributed by atoms with van der Waals surface area (Å²) in [6, 6.07) is 5.35. The highest BCUT2D eigenvalue weighted by Gasteiger charge is 2.53. The Kier molecular flexibility index (Phi) is 4.09. The Labute approximate surface area is 125 Å². The van der Waals surface area contributed by atoms with Crippen LogP contribution in [0.3, 0.4) is 0 Å². The Morgan fingerprint density at radius 2 is 1.75 bits per heavy atom. The molecule has 1 heterocycles. The van der Waals surface area contributed by atoms with E-state index < -0.39 is 24.3 Å². The Balaban J connectivity index is 2.29. The average molecular weight is 298 g/mol. The minimum atomic E-state index is -0.535. The van der Waals surface area contributed by atoms with Crippen LogP contribution >= 0.6 is 11.6 Å². The molecule has 110 valence electrons. The van der Waals surface area contributed by atoms with Crippen molar-refractivity contribution in [2.75, 3.05) is 7.11 Å². The Hall–Kier alpha value is -0.745. The maximum absolute atomic E-state index is 6.30. The molecule has 0 saturated carbocycles. The third-order valence-electron chi connectivity index (χ3n) is 4.12. The zero-order valence-electron chi connectivity index (χ0n) is 12.6. The van der Waals surface area contributed by atoms with Gasteiger partial charge in [-0.1, -0.05) is 11.6 Å². The number of hydrogen-bond acceptors (Lipinski definition) is 4. The van der Waals surface area contributed by atoms with Crippen LogP contribution in [0.2, 0.25) is 5.02 Å². The van der Waals surface area contributed by atoms with Crippen LogP contribution in [-0.4, -0.2) is 25.4 Å². The van der Waals surface area contributed by atoms with E-state index >= 15 is 0 Å². The first kappa shape index (κ1) is 15.6. The monoisotopic (exact) mass is 297 g/mol. The number of rotatable bonds is 3. The summed E-state index contributed by atoms with van der Waals surface area (Å²) in [6.45, 7) is 7.98. The standard InChI is InChI=1S/C14H21BClNO3/c1-13(2)14(3,4)20-15(19-13)12(17)10-8-9(16)6-7-11(10)18-5/h6-8,12H,17H2,1-5H3/t12-/m0/s1. The van der Waals surface area contributed by atoms with Gasteiger partial charge in [-0.3, -0.25) is 0 Å². The van der Waals surface area contributed by atoms with Crippen LogP contribution in [-0.2, 0) is 9.31 Å². The summed E-state index contributed by atoms with van der Waals surface area (Å²) in [5, 5.41) is 0.604. The Morgan fingerprint density at radius 3 is 2.25 bits per heavy atom. The van der Waals surface area contributed by atoms with Crippen LogP contribution in [0.1, 0.15) is 39.2 Å². The molecule has 6 heteroatoms. The number of ether oxygens (including phenoxy) is 1. The fourth-order valence-corrected chi connectivity index (χ4v) is 2.33. The van der Waals surface area contributed by atoms with E-state index in [9.17, 15) is 0 Å². The van der Waals surface area contributed by atoms with Crippen LogP contribution in [0.4, 0.5) is 0 Å². The molecule has 1 aliphatic rings. The van der Waals surface area contributed by atoms with E-state index in [-0.39, 0.29) is 0 Å². The number of nitrogens with two attached hydrogens (primary N) is 1. The summed E-state index contributed by atoms with van der Waals surface area (Å²) in [5.74, 6) is 0.210.